The number of carbonyl (C=O) groups is 1. The molecule has 13 heavy (non-hydrogen) atoms. The van der Waals surface area contributed by atoms with Crippen LogP contribution >= 0.6 is 0 Å². The van der Waals surface area contributed by atoms with Gasteiger partial charge in [0.25, 0.3) is 10.2 Å². The Bertz CT molecular complexity index is 262. The normalized spacial score (nSPS) is 11.7. The third-order valence-electron chi connectivity index (χ3n) is 1.32. The first-order chi connectivity index (χ1) is 5.91. The molecule has 6 nitrogen and oxygen atoms in total. The molecule has 0 saturated carbocycles. The first-order valence-corrected chi connectivity index (χ1v) is 5.35. The van der Waals surface area contributed by atoms with Crippen LogP contribution in [0.3, 0.4) is 0 Å². The van der Waals surface area contributed by atoms with Crippen molar-refractivity contribution in [2.45, 2.75) is 13.8 Å². The van der Waals surface area contributed by atoms with E-state index in [2.05, 4.69) is 4.74 Å². The first-order valence-electron chi connectivity index (χ1n) is 3.85. The molecule has 0 aromatic carbocycles. The summed E-state index contributed by atoms with van der Waals surface area (Å²) in [6.45, 7) is 3.27. The van der Waals surface area contributed by atoms with Crippen LogP contribution in [0, 0.1) is 0 Å². The number of ether oxygens (including phenoxy) is 1. The zero-order valence-electron chi connectivity index (χ0n) is 7.69. The minimum Gasteiger partial charge on any atom is -0.465 e. The zero-order chi connectivity index (χ0) is 10.5. The number of nitrogens with two attached hydrogens (primary N) is 1. The maximum atomic E-state index is 10.9. The highest BCUT2D eigenvalue weighted by molar-refractivity contribution is 7.86. The van der Waals surface area contributed by atoms with E-state index in [0.29, 0.717) is 0 Å². The Balaban J connectivity index is 4.23. The van der Waals surface area contributed by atoms with Crippen LogP contribution in [0.2, 0.25) is 0 Å². The highest BCUT2D eigenvalue weighted by Crippen LogP contribution is 1.94. The Morgan fingerprint density at radius 2 is 2.00 bits per heavy atom. The molecule has 0 saturated heterocycles. The van der Waals surface area contributed by atoms with Crippen LogP contribution in [0.5, 0.6) is 0 Å². The summed E-state index contributed by atoms with van der Waals surface area (Å²) in [6, 6.07) is 0. The summed E-state index contributed by atoms with van der Waals surface area (Å²) in [5.41, 5.74) is 0. The van der Waals surface area contributed by atoms with Crippen LogP contribution in [-0.4, -0.2) is 38.4 Å². The maximum absolute atomic E-state index is 10.9. The molecular weight excluding hydrogens is 196 g/mol. The van der Waals surface area contributed by atoms with Crippen molar-refractivity contribution in [1.29, 1.82) is 0 Å². The maximum Gasteiger partial charge on any atom is 0.321 e. The quantitative estimate of drug-likeness (QED) is 0.594. The third-order valence-corrected chi connectivity index (χ3v) is 2.43. The van der Waals surface area contributed by atoms with Gasteiger partial charge in [-0.1, -0.05) is 6.92 Å². The smallest absolute Gasteiger partial charge is 0.321 e. The molecule has 0 unspecified atom stereocenters. The molecule has 0 atom stereocenters. The summed E-state index contributed by atoms with van der Waals surface area (Å²) in [6.07, 6.45) is 0. The number of hydrogen-bond acceptors (Lipinski definition) is 4. The van der Waals surface area contributed by atoms with E-state index in [9.17, 15) is 13.2 Å². The average Bonchev–Trinajstić information content (AvgIpc) is 1.98. The lowest BCUT2D eigenvalue weighted by Gasteiger charge is -2.15. The highest BCUT2D eigenvalue weighted by atomic mass is 32.2. The Morgan fingerprint density at radius 3 is 2.31 bits per heavy atom. The van der Waals surface area contributed by atoms with Gasteiger partial charge in [0.15, 0.2) is 0 Å². The van der Waals surface area contributed by atoms with E-state index in [1.165, 1.54) is 0 Å². The minimum atomic E-state index is -3.80. The van der Waals surface area contributed by atoms with E-state index in [-0.39, 0.29) is 19.7 Å². The van der Waals surface area contributed by atoms with Gasteiger partial charge < -0.3 is 4.74 Å². The molecule has 0 spiro atoms. The standard InChI is InChI=1S/C6H14N2O4S/c1-3-8(13(7,10)11)5-6(9)12-4-2/h3-5H2,1-2H3,(H2,7,10,11). The second-order valence-electron chi connectivity index (χ2n) is 2.28. The Labute approximate surface area is 77.8 Å². The molecule has 0 rings (SSSR count). The lowest BCUT2D eigenvalue weighted by molar-refractivity contribution is -0.143. The molecule has 0 aliphatic heterocycles. The van der Waals surface area contributed by atoms with Gasteiger partial charge in [-0.2, -0.15) is 12.7 Å². The summed E-state index contributed by atoms with van der Waals surface area (Å²) in [7, 11) is -3.80. The number of hydrogen-bond donors (Lipinski definition) is 1. The molecule has 0 fully saturated rings. The van der Waals surface area contributed by atoms with Gasteiger partial charge in [0.05, 0.1) is 6.61 Å². The van der Waals surface area contributed by atoms with Crippen molar-refractivity contribution in [2.75, 3.05) is 19.7 Å². The molecule has 0 heterocycles. The van der Waals surface area contributed by atoms with Crippen molar-refractivity contribution in [3.8, 4) is 0 Å². The van der Waals surface area contributed by atoms with Gasteiger partial charge in [0, 0.05) is 6.54 Å². The van der Waals surface area contributed by atoms with Gasteiger partial charge in [-0.05, 0) is 6.92 Å². The molecule has 0 aliphatic rings. The van der Waals surface area contributed by atoms with Crippen LogP contribution in [0.1, 0.15) is 13.8 Å². The fraction of sp³-hybridized carbons (Fsp3) is 0.833. The minimum absolute atomic E-state index is 0.150. The fourth-order valence-electron chi connectivity index (χ4n) is 0.732. The third kappa shape index (κ3) is 4.81. The van der Waals surface area contributed by atoms with Crippen molar-refractivity contribution < 1.29 is 17.9 Å². The van der Waals surface area contributed by atoms with Crippen molar-refractivity contribution >= 4 is 16.2 Å². The lowest BCUT2D eigenvalue weighted by Crippen LogP contribution is -2.40. The van der Waals surface area contributed by atoms with E-state index in [1.807, 2.05) is 0 Å². The molecule has 2 N–H and O–H groups in total. The lowest BCUT2D eigenvalue weighted by atomic mass is 10.6. The average molecular weight is 210 g/mol. The van der Waals surface area contributed by atoms with E-state index < -0.39 is 16.2 Å². The fourth-order valence-corrected chi connectivity index (χ4v) is 1.38. The van der Waals surface area contributed by atoms with Crippen LogP contribution in [0.15, 0.2) is 0 Å². The predicted molar refractivity (Wildman–Crippen MR) is 47.0 cm³/mol. The monoisotopic (exact) mass is 210 g/mol. The molecule has 0 aromatic rings. The molecule has 0 aromatic heterocycles. The van der Waals surface area contributed by atoms with Crippen molar-refractivity contribution in [1.82, 2.24) is 4.31 Å². The second-order valence-corrected chi connectivity index (χ2v) is 3.82. The number of likely N-dealkylation sites (N-methyl/N-ethyl adjacent to an activating group) is 1. The number of rotatable bonds is 5. The number of carbonyl (C=O) groups excluding carboxylic acids is 1. The van der Waals surface area contributed by atoms with Gasteiger partial charge in [0.2, 0.25) is 0 Å². The molecule has 78 valence electrons. The van der Waals surface area contributed by atoms with Gasteiger partial charge >= 0.3 is 5.97 Å². The van der Waals surface area contributed by atoms with E-state index in [0.717, 1.165) is 4.31 Å². The van der Waals surface area contributed by atoms with Crippen molar-refractivity contribution in [3.63, 3.8) is 0 Å². The molecule has 0 bridgehead atoms. The highest BCUT2D eigenvalue weighted by Gasteiger charge is 2.18. The van der Waals surface area contributed by atoms with Gasteiger partial charge in [-0.3, -0.25) is 4.79 Å². The zero-order valence-corrected chi connectivity index (χ0v) is 8.50. The Hall–Kier alpha value is -0.660. The molecule has 0 aliphatic carbocycles. The number of esters is 1. The Morgan fingerprint density at radius 1 is 1.46 bits per heavy atom. The first kappa shape index (κ1) is 12.3. The van der Waals surface area contributed by atoms with Crippen LogP contribution in [0.4, 0.5) is 0 Å². The molecule has 0 amide bonds. The summed E-state index contributed by atoms with van der Waals surface area (Å²) in [5.74, 6) is -0.599. The van der Waals surface area contributed by atoms with Gasteiger partial charge in [-0.25, -0.2) is 5.14 Å². The topological polar surface area (TPSA) is 89.7 Å². The molecular formula is C6H14N2O4S. The van der Waals surface area contributed by atoms with Crippen LogP contribution in [0.25, 0.3) is 0 Å². The summed E-state index contributed by atoms with van der Waals surface area (Å²) in [5, 5.41) is 4.83. The SMILES string of the molecule is CCOC(=O)CN(CC)S(N)(=O)=O. The van der Waals surface area contributed by atoms with Crippen molar-refractivity contribution in [3.05, 3.63) is 0 Å². The Kier molecular flexibility index (Phi) is 4.89. The van der Waals surface area contributed by atoms with Crippen molar-refractivity contribution in [2.24, 2.45) is 5.14 Å². The predicted octanol–water partition coefficient (Wildman–Crippen LogP) is -0.925. The molecule has 0 radical (unpaired) electrons. The molecule has 7 heteroatoms. The number of nitrogens with zero attached hydrogens (tertiary/aromatic N) is 1. The summed E-state index contributed by atoms with van der Waals surface area (Å²) < 4.78 is 27.0. The summed E-state index contributed by atoms with van der Waals surface area (Å²) >= 11 is 0. The van der Waals surface area contributed by atoms with Crippen LogP contribution in [-0.2, 0) is 19.7 Å². The van der Waals surface area contributed by atoms with E-state index in [4.69, 9.17) is 5.14 Å². The second kappa shape index (κ2) is 5.15. The van der Waals surface area contributed by atoms with E-state index in [1.54, 1.807) is 13.8 Å². The summed E-state index contributed by atoms with van der Waals surface area (Å²) in [4.78, 5) is 10.9. The largest absolute Gasteiger partial charge is 0.465 e. The van der Waals surface area contributed by atoms with Gasteiger partial charge in [0.1, 0.15) is 6.54 Å². The van der Waals surface area contributed by atoms with Crippen LogP contribution < -0.4 is 5.14 Å². The van der Waals surface area contributed by atoms with Gasteiger partial charge in [-0.15, -0.1) is 0 Å². The van der Waals surface area contributed by atoms with E-state index >= 15 is 0 Å².